The van der Waals surface area contributed by atoms with Crippen molar-refractivity contribution >= 4 is 5.71 Å². The molecule has 1 heteroatoms. The third-order valence-electron chi connectivity index (χ3n) is 1.72. The van der Waals surface area contributed by atoms with Crippen molar-refractivity contribution in [3.05, 3.63) is 11.6 Å². The van der Waals surface area contributed by atoms with E-state index >= 15 is 0 Å². The van der Waals surface area contributed by atoms with Crippen LogP contribution in [0, 0.1) is 0 Å². The van der Waals surface area contributed by atoms with Crippen molar-refractivity contribution in [2.75, 3.05) is 6.54 Å². The highest BCUT2D eigenvalue weighted by molar-refractivity contribution is 5.81. The van der Waals surface area contributed by atoms with Crippen molar-refractivity contribution in [1.82, 2.24) is 0 Å². The highest BCUT2D eigenvalue weighted by Crippen LogP contribution is 2.01. The first-order chi connectivity index (χ1) is 5.66. The number of aliphatic imine (C=N–C) groups is 1. The highest BCUT2D eigenvalue weighted by atomic mass is 14.7. The average Bonchev–Trinajstić information content (AvgIpc) is 1.98. The van der Waals surface area contributed by atoms with Gasteiger partial charge in [-0.05, 0) is 47.0 Å². The van der Waals surface area contributed by atoms with Crippen LogP contribution >= 0.6 is 0 Å². The molecule has 0 aliphatic rings. The molecular formula is C11H21N. The highest BCUT2D eigenvalue weighted by Gasteiger charge is 1.89. The maximum atomic E-state index is 4.34. The molecule has 0 aromatic rings. The van der Waals surface area contributed by atoms with Crippen LogP contribution in [0.1, 0.15) is 47.0 Å². The minimum Gasteiger partial charge on any atom is -0.295 e. The number of nitrogens with zero attached hydrogens (tertiary/aromatic N) is 1. The van der Waals surface area contributed by atoms with Crippen LogP contribution in [0.25, 0.3) is 0 Å². The van der Waals surface area contributed by atoms with Crippen LogP contribution in [0.15, 0.2) is 16.6 Å². The number of allylic oxidation sites excluding steroid dienone is 2. The van der Waals surface area contributed by atoms with E-state index in [1.54, 1.807) is 0 Å². The lowest BCUT2D eigenvalue weighted by Gasteiger charge is -1.97. The van der Waals surface area contributed by atoms with Gasteiger partial charge in [-0.1, -0.05) is 11.6 Å². The number of hydrogen-bond acceptors (Lipinski definition) is 1. The molecule has 1 nitrogen and oxygen atoms in total. The summed E-state index contributed by atoms with van der Waals surface area (Å²) in [5, 5.41) is 0. The van der Waals surface area contributed by atoms with E-state index < -0.39 is 0 Å². The van der Waals surface area contributed by atoms with Crippen molar-refractivity contribution in [3.8, 4) is 0 Å². The summed E-state index contributed by atoms with van der Waals surface area (Å²) in [5.74, 6) is 0. The molecule has 0 N–H and O–H groups in total. The van der Waals surface area contributed by atoms with E-state index in [1.807, 2.05) is 0 Å². The zero-order valence-corrected chi connectivity index (χ0v) is 8.85. The van der Waals surface area contributed by atoms with Crippen molar-refractivity contribution in [3.63, 3.8) is 0 Å². The second-order valence-corrected chi connectivity index (χ2v) is 3.38. The maximum Gasteiger partial charge on any atom is 0.0360 e. The fourth-order valence-corrected chi connectivity index (χ4v) is 1.10. The summed E-state index contributed by atoms with van der Waals surface area (Å²) in [4.78, 5) is 4.34. The topological polar surface area (TPSA) is 12.4 Å². The lowest BCUT2D eigenvalue weighted by molar-refractivity contribution is 0.878. The Morgan fingerprint density at radius 2 is 1.92 bits per heavy atom. The fraction of sp³-hybridized carbons (Fsp3) is 0.727. The van der Waals surface area contributed by atoms with Gasteiger partial charge in [0.25, 0.3) is 0 Å². The summed E-state index contributed by atoms with van der Waals surface area (Å²) in [6.45, 7) is 9.42. The molecule has 0 aromatic carbocycles. The van der Waals surface area contributed by atoms with Gasteiger partial charge in [-0.2, -0.15) is 0 Å². The summed E-state index contributed by atoms with van der Waals surface area (Å²) in [7, 11) is 0. The lowest BCUT2D eigenvalue weighted by Crippen LogP contribution is -1.91. The Kier molecular flexibility index (Phi) is 6.73. The first-order valence-electron chi connectivity index (χ1n) is 4.80. The van der Waals surface area contributed by atoms with E-state index in [0.717, 1.165) is 13.0 Å². The standard InChI is InChI=1S/C11H21N/c1-5-12-11(4)9-7-6-8-10(2)3/h8H,5-7,9H2,1-4H3. The Morgan fingerprint density at radius 1 is 1.25 bits per heavy atom. The van der Waals surface area contributed by atoms with Crippen molar-refractivity contribution in [1.29, 1.82) is 0 Å². The van der Waals surface area contributed by atoms with E-state index in [2.05, 4.69) is 38.8 Å². The van der Waals surface area contributed by atoms with Gasteiger partial charge in [-0.25, -0.2) is 0 Å². The van der Waals surface area contributed by atoms with Gasteiger partial charge in [-0.15, -0.1) is 0 Å². The minimum atomic E-state index is 0.925. The van der Waals surface area contributed by atoms with Gasteiger partial charge in [0.1, 0.15) is 0 Å². The Morgan fingerprint density at radius 3 is 2.42 bits per heavy atom. The van der Waals surface area contributed by atoms with E-state index in [4.69, 9.17) is 0 Å². The third-order valence-corrected chi connectivity index (χ3v) is 1.72. The quantitative estimate of drug-likeness (QED) is 0.337. The lowest BCUT2D eigenvalue weighted by atomic mass is 10.1. The molecule has 0 bridgehead atoms. The number of hydrogen-bond donors (Lipinski definition) is 0. The van der Waals surface area contributed by atoms with Crippen molar-refractivity contribution in [2.45, 2.75) is 47.0 Å². The molecule has 0 radical (unpaired) electrons. The average molecular weight is 167 g/mol. The second kappa shape index (κ2) is 7.08. The van der Waals surface area contributed by atoms with Crippen LogP contribution < -0.4 is 0 Å². The molecule has 0 aliphatic heterocycles. The van der Waals surface area contributed by atoms with Crippen LogP contribution in [0.3, 0.4) is 0 Å². The zero-order valence-electron chi connectivity index (χ0n) is 8.85. The maximum absolute atomic E-state index is 4.34. The number of rotatable bonds is 5. The molecule has 0 saturated heterocycles. The monoisotopic (exact) mass is 167 g/mol. The van der Waals surface area contributed by atoms with Crippen LogP contribution in [0.2, 0.25) is 0 Å². The van der Waals surface area contributed by atoms with Gasteiger partial charge in [0.05, 0.1) is 0 Å². The Balaban J connectivity index is 3.44. The molecule has 12 heavy (non-hydrogen) atoms. The molecule has 0 heterocycles. The Bertz CT molecular complexity index is 162. The minimum absolute atomic E-state index is 0.925. The summed E-state index contributed by atoms with van der Waals surface area (Å²) < 4.78 is 0. The van der Waals surface area contributed by atoms with E-state index in [9.17, 15) is 0 Å². The van der Waals surface area contributed by atoms with Crippen molar-refractivity contribution in [2.24, 2.45) is 4.99 Å². The summed E-state index contributed by atoms with van der Waals surface area (Å²) >= 11 is 0. The van der Waals surface area contributed by atoms with E-state index in [1.165, 1.54) is 24.1 Å². The summed E-state index contributed by atoms with van der Waals surface area (Å²) in [6, 6.07) is 0. The van der Waals surface area contributed by atoms with Crippen LogP contribution in [-0.4, -0.2) is 12.3 Å². The molecule has 0 unspecified atom stereocenters. The smallest absolute Gasteiger partial charge is 0.0360 e. The molecule has 0 aromatic heterocycles. The third kappa shape index (κ3) is 7.52. The molecule has 0 saturated carbocycles. The molecular weight excluding hydrogens is 146 g/mol. The molecule has 70 valence electrons. The Hall–Kier alpha value is -0.590. The van der Waals surface area contributed by atoms with E-state index in [0.29, 0.717) is 0 Å². The van der Waals surface area contributed by atoms with Gasteiger partial charge >= 0.3 is 0 Å². The first kappa shape index (κ1) is 11.4. The molecule has 0 amide bonds. The van der Waals surface area contributed by atoms with Gasteiger partial charge in [-0.3, -0.25) is 4.99 Å². The van der Waals surface area contributed by atoms with Gasteiger partial charge in [0.2, 0.25) is 0 Å². The van der Waals surface area contributed by atoms with Gasteiger partial charge in [0, 0.05) is 12.3 Å². The zero-order chi connectivity index (χ0) is 9.40. The van der Waals surface area contributed by atoms with Gasteiger partial charge < -0.3 is 0 Å². The SMILES string of the molecule is CCN=C(C)CCCC=C(C)C. The summed E-state index contributed by atoms with van der Waals surface area (Å²) in [6.07, 6.45) is 5.87. The normalized spacial score (nSPS) is 11.5. The molecule has 0 aliphatic carbocycles. The van der Waals surface area contributed by atoms with Crippen LogP contribution in [0.5, 0.6) is 0 Å². The molecule has 0 rings (SSSR count). The molecule has 0 atom stereocenters. The van der Waals surface area contributed by atoms with Crippen LogP contribution in [0.4, 0.5) is 0 Å². The predicted octanol–water partition coefficient (Wildman–Crippen LogP) is 3.60. The fourth-order valence-electron chi connectivity index (χ4n) is 1.10. The molecule has 0 spiro atoms. The number of unbranched alkanes of at least 4 members (excludes halogenated alkanes) is 1. The Labute approximate surface area is 76.6 Å². The van der Waals surface area contributed by atoms with E-state index in [-0.39, 0.29) is 0 Å². The summed E-state index contributed by atoms with van der Waals surface area (Å²) in [5.41, 5.74) is 2.71. The molecule has 0 fully saturated rings. The first-order valence-corrected chi connectivity index (χ1v) is 4.80. The van der Waals surface area contributed by atoms with Crippen LogP contribution in [-0.2, 0) is 0 Å². The largest absolute Gasteiger partial charge is 0.295 e. The van der Waals surface area contributed by atoms with Crippen molar-refractivity contribution < 1.29 is 0 Å². The second-order valence-electron chi connectivity index (χ2n) is 3.38. The predicted molar refractivity (Wildman–Crippen MR) is 56.9 cm³/mol. The van der Waals surface area contributed by atoms with Gasteiger partial charge in [0.15, 0.2) is 0 Å².